The van der Waals surface area contributed by atoms with Crippen molar-refractivity contribution in [3.05, 3.63) is 47.5 Å². The lowest BCUT2D eigenvalue weighted by molar-refractivity contribution is -0.139. The van der Waals surface area contributed by atoms with Gasteiger partial charge in [0.05, 0.1) is 17.5 Å². The van der Waals surface area contributed by atoms with Crippen LogP contribution in [0.3, 0.4) is 0 Å². The van der Waals surface area contributed by atoms with Gasteiger partial charge < -0.3 is 10.4 Å². The van der Waals surface area contributed by atoms with Gasteiger partial charge in [-0.1, -0.05) is 25.5 Å². The van der Waals surface area contributed by atoms with Crippen molar-refractivity contribution in [1.82, 2.24) is 15.1 Å². The minimum Gasteiger partial charge on any atom is -0.480 e. The number of carboxylic acid groups (broad SMARTS) is 1. The summed E-state index contributed by atoms with van der Waals surface area (Å²) in [5, 5.41) is 15.6. The van der Waals surface area contributed by atoms with Crippen LogP contribution in [0.1, 0.15) is 35.8 Å². The fourth-order valence-corrected chi connectivity index (χ4v) is 2.28. The molecule has 0 saturated carbocycles. The zero-order valence-corrected chi connectivity index (χ0v) is 12.9. The van der Waals surface area contributed by atoms with E-state index in [1.165, 1.54) is 16.9 Å². The zero-order chi connectivity index (χ0) is 17.0. The van der Waals surface area contributed by atoms with E-state index in [1.54, 1.807) is 25.1 Å². The maximum absolute atomic E-state index is 13.8. The van der Waals surface area contributed by atoms with Gasteiger partial charge in [-0.25, -0.2) is 13.9 Å². The summed E-state index contributed by atoms with van der Waals surface area (Å²) in [6, 6.07) is 5.13. The van der Waals surface area contributed by atoms with Crippen molar-refractivity contribution in [1.29, 1.82) is 0 Å². The molecule has 7 heteroatoms. The van der Waals surface area contributed by atoms with Gasteiger partial charge in [-0.3, -0.25) is 4.79 Å². The minimum absolute atomic E-state index is 0.218. The minimum atomic E-state index is -1.08. The SMILES string of the molecule is CCCC(NC(=O)c1cnn(-c2ccccc2F)c1C)C(=O)O. The molecule has 0 aliphatic carbocycles. The van der Waals surface area contributed by atoms with Crippen LogP contribution in [0, 0.1) is 12.7 Å². The van der Waals surface area contributed by atoms with E-state index in [9.17, 15) is 14.0 Å². The third kappa shape index (κ3) is 3.56. The van der Waals surface area contributed by atoms with Crippen LogP contribution in [-0.4, -0.2) is 32.8 Å². The second-order valence-corrected chi connectivity index (χ2v) is 5.16. The summed E-state index contributed by atoms with van der Waals surface area (Å²) in [6.07, 6.45) is 2.27. The third-order valence-electron chi connectivity index (χ3n) is 3.52. The van der Waals surface area contributed by atoms with Crippen molar-refractivity contribution in [3.63, 3.8) is 0 Å². The van der Waals surface area contributed by atoms with Crippen LogP contribution in [0.15, 0.2) is 30.5 Å². The molecule has 0 saturated heterocycles. The molecule has 2 rings (SSSR count). The van der Waals surface area contributed by atoms with Gasteiger partial charge in [-0.15, -0.1) is 0 Å². The molecule has 1 unspecified atom stereocenters. The van der Waals surface area contributed by atoms with Gasteiger partial charge in [0.2, 0.25) is 0 Å². The summed E-state index contributed by atoms with van der Waals surface area (Å²) in [5.41, 5.74) is 0.885. The average Bonchev–Trinajstić information content (AvgIpc) is 2.89. The molecular weight excluding hydrogens is 301 g/mol. The number of benzene rings is 1. The quantitative estimate of drug-likeness (QED) is 0.855. The normalized spacial score (nSPS) is 12.0. The molecular formula is C16H18FN3O3. The average molecular weight is 319 g/mol. The highest BCUT2D eigenvalue weighted by atomic mass is 19.1. The van der Waals surface area contributed by atoms with Gasteiger partial charge in [0.1, 0.15) is 17.5 Å². The van der Waals surface area contributed by atoms with Crippen LogP contribution in [0.5, 0.6) is 0 Å². The molecule has 2 N–H and O–H groups in total. The molecule has 122 valence electrons. The zero-order valence-electron chi connectivity index (χ0n) is 12.9. The lowest BCUT2D eigenvalue weighted by atomic mass is 10.1. The summed E-state index contributed by atoms with van der Waals surface area (Å²) >= 11 is 0. The second kappa shape index (κ2) is 7.04. The lowest BCUT2D eigenvalue weighted by Crippen LogP contribution is -2.40. The first-order chi connectivity index (χ1) is 11.0. The predicted molar refractivity (Wildman–Crippen MR) is 82.1 cm³/mol. The van der Waals surface area contributed by atoms with E-state index in [-0.39, 0.29) is 11.3 Å². The number of nitrogens with one attached hydrogen (secondary N) is 1. The van der Waals surface area contributed by atoms with E-state index in [0.717, 1.165) is 0 Å². The Labute approximate surface area is 132 Å². The van der Waals surface area contributed by atoms with Crippen LogP contribution in [0.4, 0.5) is 4.39 Å². The van der Waals surface area contributed by atoms with Crippen molar-refractivity contribution >= 4 is 11.9 Å². The number of aromatic nitrogens is 2. The van der Waals surface area contributed by atoms with Crippen molar-refractivity contribution in [3.8, 4) is 5.69 Å². The van der Waals surface area contributed by atoms with Crippen LogP contribution >= 0.6 is 0 Å². The molecule has 2 aromatic rings. The Balaban J connectivity index is 2.27. The number of para-hydroxylation sites is 1. The first-order valence-corrected chi connectivity index (χ1v) is 7.28. The molecule has 1 atom stereocenters. The van der Waals surface area contributed by atoms with Crippen molar-refractivity contribution in [2.75, 3.05) is 0 Å². The highest BCUT2D eigenvalue weighted by molar-refractivity contribution is 5.97. The highest BCUT2D eigenvalue weighted by Gasteiger charge is 2.22. The van der Waals surface area contributed by atoms with Gasteiger partial charge in [0.15, 0.2) is 0 Å². The Kier molecular flexibility index (Phi) is 5.10. The van der Waals surface area contributed by atoms with Gasteiger partial charge >= 0.3 is 5.97 Å². The van der Waals surface area contributed by atoms with Gasteiger partial charge in [0.25, 0.3) is 5.91 Å². The number of amides is 1. The number of carboxylic acids is 1. The van der Waals surface area contributed by atoms with E-state index in [0.29, 0.717) is 18.5 Å². The summed E-state index contributed by atoms with van der Waals surface area (Å²) in [6.45, 7) is 3.47. The molecule has 1 heterocycles. The van der Waals surface area contributed by atoms with Crippen LogP contribution < -0.4 is 5.32 Å². The number of halogens is 1. The summed E-state index contributed by atoms with van der Waals surface area (Å²) in [4.78, 5) is 23.4. The Morgan fingerprint density at radius 1 is 1.39 bits per heavy atom. The Hall–Kier alpha value is -2.70. The number of rotatable bonds is 6. The molecule has 1 aromatic carbocycles. The molecule has 0 aliphatic heterocycles. The molecule has 1 aromatic heterocycles. The maximum atomic E-state index is 13.8. The monoisotopic (exact) mass is 319 g/mol. The number of aliphatic carboxylic acids is 1. The Bertz CT molecular complexity index is 727. The number of carbonyl (C=O) groups excluding carboxylic acids is 1. The van der Waals surface area contributed by atoms with E-state index < -0.39 is 23.7 Å². The Morgan fingerprint density at radius 3 is 2.70 bits per heavy atom. The van der Waals surface area contributed by atoms with Crippen LogP contribution in [0.2, 0.25) is 0 Å². The predicted octanol–water partition coefficient (Wildman–Crippen LogP) is 2.30. The number of carbonyl (C=O) groups is 2. The fourth-order valence-electron chi connectivity index (χ4n) is 2.28. The molecule has 6 nitrogen and oxygen atoms in total. The van der Waals surface area contributed by atoms with E-state index in [1.807, 2.05) is 6.92 Å². The summed E-state index contributed by atoms with van der Waals surface area (Å²) in [7, 11) is 0. The van der Waals surface area contributed by atoms with E-state index in [2.05, 4.69) is 10.4 Å². The molecule has 0 fully saturated rings. The molecule has 1 amide bonds. The first kappa shape index (κ1) is 16.7. The third-order valence-corrected chi connectivity index (χ3v) is 3.52. The van der Waals surface area contributed by atoms with E-state index >= 15 is 0 Å². The molecule has 23 heavy (non-hydrogen) atoms. The van der Waals surface area contributed by atoms with Crippen LogP contribution in [0.25, 0.3) is 5.69 Å². The topological polar surface area (TPSA) is 84.2 Å². The van der Waals surface area contributed by atoms with Gasteiger partial charge in [0, 0.05) is 0 Å². The second-order valence-electron chi connectivity index (χ2n) is 5.16. The van der Waals surface area contributed by atoms with Crippen molar-refractivity contribution in [2.45, 2.75) is 32.7 Å². The van der Waals surface area contributed by atoms with E-state index in [4.69, 9.17) is 5.11 Å². The summed E-state index contributed by atoms with van der Waals surface area (Å²) in [5.74, 6) is -2.08. The first-order valence-electron chi connectivity index (χ1n) is 7.28. The van der Waals surface area contributed by atoms with Gasteiger partial charge in [-0.05, 0) is 25.5 Å². The van der Waals surface area contributed by atoms with Crippen molar-refractivity contribution in [2.24, 2.45) is 0 Å². The molecule has 0 aliphatic rings. The lowest BCUT2D eigenvalue weighted by Gasteiger charge is -2.13. The standard InChI is InChI=1S/C16H18FN3O3/c1-3-6-13(16(22)23)19-15(21)11-9-18-20(10(11)2)14-8-5-4-7-12(14)17/h4-5,7-9,13H,3,6H2,1-2H3,(H,19,21)(H,22,23). The number of hydrogen-bond donors (Lipinski definition) is 2. The smallest absolute Gasteiger partial charge is 0.326 e. The molecule has 0 spiro atoms. The number of hydrogen-bond acceptors (Lipinski definition) is 3. The largest absolute Gasteiger partial charge is 0.480 e. The molecule has 0 radical (unpaired) electrons. The molecule has 0 bridgehead atoms. The van der Waals surface area contributed by atoms with Gasteiger partial charge in [-0.2, -0.15) is 5.10 Å². The van der Waals surface area contributed by atoms with Crippen LogP contribution in [-0.2, 0) is 4.79 Å². The summed E-state index contributed by atoms with van der Waals surface area (Å²) < 4.78 is 15.2. The fraction of sp³-hybridized carbons (Fsp3) is 0.312. The highest BCUT2D eigenvalue weighted by Crippen LogP contribution is 2.17. The maximum Gasteiger partial charge on any atom is 0.326 e. The number of nitrogens with zero attached hydrogens (tertiary/aromatic N) is 2. The Morgan fingerprint density at radius 2 is 2.09 bits per heavy atom. The van der Waals surface area contributed by atoms with Crippen molar-refractivity contribution < 1.29 is 19.1 Å².